The zero-order valence-electron chi connectivity index (χ0n) is 22.1. The maximum atomic E-state index is 13.6. The monoisotopic (exact) mass is 561 g/mol. The highest BCUT2D eigenvalue weighted by atomic mass is 79.9. The van der Waals surface area contributed by atoms with Crippen LogP contribution in [-0.2, 0) is 0 Å². The van der Waals surface area contributed by atoms with Crippen LogP contribution in [0.15, 0.2) is 69.0 Å². The third-order valence-electron chi connectivity index (χ3n) is 5.91. The normalized spacial score (nSPS) is 11.7. The van der Waals surface area contributed by atoms with E-state index >= 15 is 0 Å². The van der Waals surface area contributed by atoms with Crippen LogP contribution in [0.2, 0.25) is 0 Å². The number of aromatic nitrogens is 2. The third-order valence-corrected chi connectivity index (χ3v) is 6.53. The molecule has 0 fully saturated rings. The van der Waals surface area contributed by atoms with Crippen molar-refractivity contribution in [1.82, 2.24) is 9.66 Å². The lowest BCUT2D eigenvalue weighted by Gasteiger charge is -2.18. The molecule has 0 aliphatic rings. The maximum Gasteiger partial charge on any atom is 0.282 e. The predicted molar refractivity (Wildman–Crippen MR) is 154 cm³/mol. The second-order valence-electron chi connectivity index (χ2n) is 9.46. The SMILES string of the molecule is CCOc1cc(C)c(-c2nc3ccccc3c(=O)n2N=Cc2ccc(OC(C)C)c(Br)c2)cc1C(C)C. The minimum absolute atomic E-state index is 0.0636. The zero-order chi connectivity index (χ0) is 26.7. The summed E-state index contributed by atoms with van der Waals surface area (Å²) in [5.41, 5.74) is 4.08. The number of hydrogen-bond donors (Lipinski definition) is 0. The van der Waals surface area contributed by atoms with Crippen LogP contribution in [0.1, 0.15) is 57.2 Å². The molecule has 1 aromatic heterocycles. The molecule has 0 atom stereocenters. The number of ether oxygens (including phenoxy) is 2. The largest absolute Gasteiger partial charge is 0.494 e. The van der Waals surface area contributed by atoms with Crippen molar-refractivity contribution in [2.75, 3.05) is 6.61 Å². The van der Waals surface area contributed by atoms with E-state index in [-0.39, 0.29) is 17.6 Å². The maximum absolute atomic E-state index is 13.6. The van der Waals surface area contributed by atoms with E-state index in [4.69, 9.17) is 14.5 Å². The molecule has 0 radical (unpaired) electrons. The van der Waals surface area contributed by atoms with E-state index in [0.717, 1.165) is 38.2 Å². The first-order valence-corrected chi connectivity index (χ1v) is 13.3. The van der Waals surface area contributed by atoms with Crippen LogP contribution >= 0.6 is 15.9 Å². The third kappa shape index (κ3) is 5.77. The number of rotatable bonds is 8. The van der Waals surface area contributed by atoms with E-state index in [1.165, 1.54) is 4.68 Å². The van der Waals surface area contributed by atoms with Crippen molar-refractivity contribution < 1.29 is 9.47 Å². The van der Waals surface area contributed by atoms with Crippen LogP contribution in [0.4, 0.5) is 0 Å². The summed E-state index contributed by atoms with van der Waals surface area (Å²) in [7, 11) is 0. The minimum atomic E-state index is -0.227. The van der Waals surface area contributed by atoms with Gasteiger partial charge >= 0.3 is 0 Å². The van der Waals surface area contributed by atoms with Crippen LogP contribution in [0.5, 0.6) is 11.5 Å². The van der Waals surface area contributed by atoms with E-state index in [1.807, 2.05) is 70.2 Å². The lowest BCUT2D eigenvalue weighted by molar-refractivity contribution is 0.241. The van der Waals surface area contributed by atoms with Gasteiger partial charge in [-0.2, -0.15) is 9.78 Å². The van der Waals surface area contributed by atoms with Crippen LogP contribution in [-0.4, -0.2) is 28.6 Å². The Kier molecular flexibility index (Phi) is 8.13. The molecule has 37 heavy (non-hydrogen) atoms. The summed E-state index contributed by atoms with van der Waals surface area (Å²) in [5.74, 6) is 2.32. The van der Waals surface area contributed by atoms with Gasteiger partial charge in [-0.1, -0.05) is 26.0 Å². The fourth-order valence-corrected chi connectivity index (χ4v) is 4.64. The Morgan fingerprint density at radius 1 is 1.05 bits per heavy atom. The average molecular weight is 563 g/mol. The Hall–Kier alpha value is -3.45. The first-order chi connectivity index (χ1) is 17.7. The average Bonchev–Trinajstić information content (AvgIpc) is 2.85. The van der Waals surface area contributed by atoms with Crippen molar-refractivity contribution in [3.05, 3.63) is 86.1 Å². The van der Waals surface area contributed by atoms with Gasteiger partial charge < -0.3 is 9.47 Å². The van der Waals surface area contributed by atoms with E-state index < -0.39 is 0 Å². The molecular formula is C30H32BrN3O3. The van der Waals surface area contributed by atoms with Crippen LogP contribution in [0, 0.1) is 6.92 Å². The number of hydrogen-bond acceptors (Lipinski definition) is 5. The molecule has 0 spiro atoms. The molecule has 0 bridgehead atoms. The molecule has 1 heterocycles. The highest BCUT2D eigenvalue weighted by molar-refractivity contribution is 9.10. The minimum Gasteiger partial charge on any atom is -0.494 e. The second-order valence-corrected chi connectivity index (χ2v) is 10.3. The molecule has 0 aliphatic carbocycles. The molecular weight excluding hydrogens is 530 g/mol. The van der Waals surface area contributed by atoms with E-state index in [2.05, 4.69) is 40.9 Å². The Morgan fingerprint density at radius 3 is 2.49 bits per heavy atom. The van der Waals surface area contributed by atoms with E-state index in [0.29, 0.717) is 23.3 Å². The van der Waals surface area contributed by atoms with E-state index in [9.17, 15) is 4.79 Å². The highest BCUT2D eigenvalue weighted by Gasteiger charge is 2.18. The molecule has 0 aliphatic heterocycles. The summed E-state index contributed by atoms with van der Waals surface area (Å²) in [5, 5.41) is 5.14. The summed E-state index contributed by atoms with van der Waals surface area (Å²) in [4.78, 5) is 18.5. The van der Waals surface area contributed by atoms with Crippen molar-refractivity contribution in [3.8, 4) is 22.9 Å². The topological polar surface area (TPSA) is 65.7 Å². The molecule has 0 N–H and O–H groups in total. The van der Waals surface area contributed by atoms with Crippen molar-refractivity contribution >= 4 is 33.0 Å². The number of halogens is 1. The summed E-state index contributed by atoms with van der Waals surface area (Å²) in [6.45, 7) is 12.8. The standard InChI is InChI=1S/C30H32BrN3O3/c1-7-36-28-14-20(6)24(16-23(28)18(2)3)29-33-26-11-9-8-10-22(26)30(35)34(29)32-17-21-12-13-27(25(31)15-21)37-19(4)5/h8-19H,7H2,1-6H3. The lowest BCUT2D eigenvalue weighted by atomic mass is 9.96. The number of benzene rings is 3. The molecule has 0 saturated heterocycles. The summed E-state index contributed by atoms with van der Waals surface area (Å²) in [6, 6.07) is 17.2. The molecule has 6 nitrogen and oxygen atoms in total. The number of aryl methyl sites for hydroxylation is 1. The molecule has 3 aromatic carbocycles. The van der Waals surface area contributed by atoms with Gasteiger partial charge in [-0.25, -0.2) is 4.98 Å². The molecule has 192 valence electrons. The van der Waals surface area contributed by atoms with Crippen molar-refractivity contribution in [2.24, 2.45) is 5.10 Å². The van der Waals surface area contributed by atoms with Crippen molar-refractivity contribution in [3.63, 3.8) is 0 Å². The Balaban J connectivity index is 1.90. The van der Waals surface area contributed by atoms with Gasteiger partial charge in [-0.15, -0.1) is 0 Å². The van der Waals surface area contributed by atoms with Crippen LogP contribution in [0.3, 0.4) is 0 Å². The van der Waals surface area contributed by atoms with Gasteiger partial charge in [0.2, 0.25) is 0 Å². The Labute approximate surface area is 226 Å². The zero-order valence-corrected chi connectivity index (χ0v) is 23.7. The Morgan fingerprint density at radius 2 is 1.81 bits per heavy atom. The number of nitrogens with zero attached hydrogens (tertiary/aromatic N) is 3. The van der Waals surface area contributed by atoms with Gasteiger partial charge in [0.15, 0.2) is 5.82 Å². The van der Waals surface area contributed by atoms with Gasteiger partial charge in [-0.05, 0) is 109 Å². The first kappa shape index (κ1) is 26.6. The number of para-hydroxylation sites is 1. The summed E-state index contributed by atoms with van der Waals surface area (Å²) in [6.07, 6.45) is 1.73. The molecule has 0 amide bonds. The van der Waals surface area contributed by atoms with Gasteiger partial charge in [0.1, 0.15) is 11.5 Å². The Bertz CT molecular complexity index is 1520. The summed E-state index contributed by atoms with van der Waals surface area (Å²) >= 11 is 3.57. The molecule has 0 unspecified atom stereocenters. The summed E-state index contributed by atoms with van der Waals surface area (Å²) < 4.78 is 13.9. The van der Waals surface area contributed by atoms with E-state index in [1.54, 1.807) is 12.3 Å². The predicted octanol–water partition coefficient (Wildman–Crippen LogP) is 7.33. The molecule has 4 aromatic rings. The quantitative estimate of drug-likeness (QED) is 0.211. The second kappa shape index (κ2) is 11.3. The fourth-order valence-electron chi connectivity index (χ4n) is 4.15. The first-order valence-electron chi connectivity index (χ1n) is 12.5. The van der Waals surface area contributed by atoms with Gasteiger partial charge in [0, 0.05) is 5.56 Å². The number of fused-ring (bicyclic) bond motifs is 1. The molecule has 4 rings (SSSR count). The van der Waals surface area contributed by atoms with Gasteiger partial charge in [0.25, 0.3) is 5.56 Å². The van der Waals surface area contributed by atoms with Gasteiger partial charge in [0.05, 0.1) is 34.3 Å². The van der Waals surface area contributed by atoms with Gasteiger partial charge in [-0.3, -0.25) is 4.79 Å². The van der Waals surface area contributed by atoms with Crippen molar-refractivity contribution in [2.45, 2.75) is 53.6 Å². The van der Waals surface area contributed by atoms with Crippen LogP contribution < -0.4 is 15.0 Å². The highest BCUT2D eigenvalue weighted by Crippen LogP contribution is 2.34. The molecule has 0 saturated carbocycles. The lowest BCUT2D eigenvalue weighted by Crippen LogP contribution is -2.21. The fraction of sp³-hybridized carbons (Fsp3) is 0.300. The van der Waals surface area contributed by atoms with Crippen LogP contribution in [0.25, 0.3) is 22.3 Å². The molecule has 7 heteroatoms. The van der Waals surface area contributed by atoms with Crippen molar-refractivity contribution in [1.29, 1.82) is 0 Å². The smallest absolute Gasteiger partial charge is 0.282 e.